The standard InChI is InChI=1S/C18H21NO4/c1-2-22-14-9-7-13(8-10-14)17(16-6-4-12-23-16)19-11-3-5-15(19)18(20)21/h4,6-10,12,15,17H,2-3,5,11H2,1H3,(H,20,21). The van der Waals surface area contributed by atoms with E-state index in [0.29, 0.717) is 13.0 Å². The highest BCUT2D eigenvalue weighted by atomic mass is 16.5. The second-order valence-electron chi connectivity index (χ2n) is 5.65. The maximum Gasteiger partial charge on any atom is 0.320 e. The van der Waals surface area contributed by atoms with Crippen LogP contribution in [0.2, 0.25) is 0 Å². The fourth-order valence-electron chi connectivity index (χ4n) is 3.24. The van der Waals surface area contributed by atoms with E-state index in [0.717, 1.165) is 30.0 Å². The number of furan rings is 1. The Morgan fingerprint density at radius 2 is 2.17 bits per heavy atom. The summed E-state index contributed by atoms with van der Waals surface area (Å²) in [6, 6.07) is 10.9. The molecule has 2 atom stereocenters. The highest BCUT2D eigenvalue weighted by molar-refractivity contribution is 5.74. The molecule has 1 N–H and O–H groups in total. The molecule has 1 fully saturated rings. The van der Waals surface area contributed by atoms with Crippen LogP contribution in [0.3, 0.4) is 0 Å². The molecule has 2 aromatic rings. The predicted molar refractivity (Wildman–Crippen MR) is 85.5 cm³/mol. The lowest BCUT2D eigenvalue weighted by Gasteiger charge is -2.30. The largest absolute Gasteiger partial charge is 0.494 e. The SMILES string of the molecule is CCOc1ccc(C(c2ccco2)N2CCCC2C(=O)O)cc1. The molecule has 23 heavy (non-hydrogen) atoms. The van der Waals surface area contributed by atoms with E-state index in [4.69, 9.17) is 9.15 Å². The summed E-state index contributed by atoms with van der Waals surface area (Å²) in [5, 5.41) is 9.50. The van der Waals surface area contributed by atoms with Crippen LogP contribution in [0.4, 0.5) is 0 Å². The molecule has 1 aliphatic heterocycles. The van der Waals surface area contributed by atoms with Crippen LogP contribution >= 0.6 is 0 Å². The van der Waals surface area contributed by atoms with Gasteiger partial charge >= 0.3 is 5.97 Å². The molecule has 1 aromatic carbocycles. The number of hydrogen-bond acceptors (Lipinski definition) is 4. The quantitative estimate of drug-likeness (QED) is 0.886. The van der Waals surface area contributed by atoms with Gasteiger partial charge < -0.3 is 14.3 Å². The zero-order valence-corrected chi connectivity index (χ0v) is 13.1. The summed E-state index contributed by atoms with van der Waals surface area (Å²) in [6.45, 7) is 3.31. The number of aliphatic carboxylic acids is 1. The van der Waals surface area contributed by atoms with E-state index in [2.05, 4.69) is 0 Å². The number of carboxylic acid groups (broad SMARTS) is 1. The van der Waals surface area contributed by atoms with Gasteiger partial charge in [0.2, 0.25) is 0 Å². The van der Waals surface area contributed by atoms with Crippen molar-refractivity contribution in [2.24, 2.45) is 0 Å². The molecule has 0 bridgehead atoms. The number of benzene rings is 1. The molecule has 5 heteroatoms. The molecular formula is C18H21NO4. The van der Waals surface area contributed by atoms with Crippen LogP contribution in [-0.4, -0.2) is 35.2 Å². The summed E-state index contributed by atoms with van der Waals surface area (Å²) in [5.74, 6) is 0.804. The molecule has 1 saturated heterocycles. The van der Waals surface area contributed by atoms with Crippen LogP contribution in [0.25, 0.3) is 0 Å². The topological polar surface area (TPSA) is 62.9 Å². The summed E-state index contributed by atoms with van der Waals surface area (Å²) < 4.78 is 11.1. The van der Waals surface area contributed by atoms with Crippen LogP contribution in [0.1, 0.15) is 37.1 Å². The van der Waals surface area contributed by atoms with Gasteiger partial charge in [-0.1, -0.05) is 12.1 Å². The zero-order valence-electron chi connectivity index (χ0n) is 13.1. The molecular weight excluding hydrogens is 294 g/mol. The number of hydrogen-bond donors (Lipinski definition) is 1. The van der Waals surface area contributed by atoms with Gasteiger partial charge in [-0.15, -0.1) is 0 Å². The second-order valence-corrected chi connectivity index (χ2v) is 5.65. The van der Waals surface area contributed by atoms with Crippen LogP contribution in [0.15, 0.2) is 47.1 Å². The Kier molecular flexibility index (Phi) is 4.67. The van der Waals surface area contributed by atoms with E-state index in [9.17, 15) is 9.90 Å². The van der Waals surface area contributed by atoms with Gasteiger partial charge in [0.05, 0.1) is 18.9 Å². The molecule has 5 nitrogen and oxygen atoms in total. The number of likely N-dealkylation sites (tertiary alicyclic amines) is 1. The van der Waals surface area contributed by atoms with E-state index in [-0.39, 0.29) is 6.04 Å². The Morgan fingerprint density at radius 1 is 1.39 bits per heavy atom. The molecule has 2 heterocycles. The Hall–Kier alpha value is -2.27. The fourth-order valence-corrected chi connectivity index (χ4v) is 3.24. The molecule has 122 valence electrons. The van der Waals surface area contributed by atoms with Gasteiger partial charge in [0.1, 0.15) is 17.6 Å². The van der Waals surface area contributed by atoms with Crippen molar-refractivity contribution in [2.75, 3.05) is 13.2 Å². The molecule has 0 amide bonds. The summed E-state index contributed by atoms with van der Waals surface area (Å²) in [5.41, 5.74) is 1.01. The first-order valence-corrected chi connectivity index (χ1v) is 7.95. The van der Waals surface area contributed by atoms with E-state index >= 15 is 0 Å². The molecule has 3 rings (SSSR count). The molecule has 1 aromatic heterocycles. The number of carboxylic acids is 1. The fraction of sp³-hybridized carbons (Fsp3) is 0.389. The van der Waals surface area contributed by atoms with Crippen LogP contribution in [0, 0.1) is 0 Å². The van der Waals surface area contributed by atoms with Crippen molar-refractivity contribution in [1.82, 2.24) is 4.90 Å². The van der Waals surface area contributed by atoms with Crippen molar-refractivity contribution < 1.29 is 19.1 Å². The van der Waals surface area contributed by atoms with Gasteiger partial charge in [-0.3, -0.25) is 9.69 Å². The molecule has 0 saturated carbocycles. The first-order valence-electron chi connectivity index (χ1n) is 7.95. The molecule has 0 aliphatic carbocycles. The third-order valence-corrected chi connectivity index (χ3v) is 4.23. The van der Waals surface area contributed by atoms with Gasteiger partial charge in [0.15, 0.2) is 0 Å². The average Bonchev–Trinajstić information content (AvgIpc) is 3.22. The predicted octanol–water partition coefficient (Wildman–Crippen LogP) is 3.32. The average molecular weight is 315 g/mol. The van der Waals surface area contributed by atoms with Crippen molar-refractivity contribution in [3.63, 3.8) is 0 Å². The molecule has 0 radical (unpaired) electrons. The molecule has 1 aliphatic rings. The number of carbonyl (C=O) groups is 1. The maximum absolute atomic E-state index is 11.6. The normalized spacial score (nSPS) is 19.6. The maximum atomic E-state index is 11.6. The zero-order chi connectivity index (χ0) is 16.2. The lowest BCUT2D eigenvalue weighted by atomic mass is 10.0. The lowest BCUT2D eigenvalue weighted by molar-refractivity contribution is -0.142. The summed E-state index contributed by atoms with van der Waals surface area (Å²) >= 11 is 0. The first-order chi connectivity index (χ1) is 11.2. The summed E-state index contributed by atoms with van der Waals surface area (Å²) in [4.78, 5) is 13.6. The minimum atomic E-state index is -0.773. The van der Waals surface area contributed by atoms with Gasteiger partial charge in [0.25, 0.3) is 0 Å². The Labute approximate surface area is 135 Å². The Bertz CT molecular complexity index is 636. The van der Waals surface area contributed by atoms with Crippen LogP contribution in [0.5, 0.6) is 5.75 Å². The third kappa shape index (κ3) is 3.24. The summed E-state index contributed by atoms with van der Waals surface area (Å²) in [6.07, 6.45) is 3.18. The minimum absolute atomic E-state index is 0.190. The van der Waals surface area contributed by atoms with E-state index in [1.165, 1.54) is 0 Å². The van der Waals surface area contributed by atoms with Gasteiger partial charge in [-0.2, -0.15) is 0 Å². The number of rotatable bonds is 6. The van der Waals surface area contributed by atoms with Crippen molar-refractivity contribution in [2.45, 2.75) is 31.8 Å². The van der Waals surface area contributed by atoms with Crippen molar-refractivity contribution in [1.29, 1.82) is 0 Å². The van der Waals surface area contributed by atoms with Crippen molar-refractivity contribution in [3.8, 4) is 5.75 Å². The van der Waals surface area contributed by atoms with Crippen LogP contribution in [-0.2, 0) is 4.79 Å². The summed E-state index contributed by atoms with van der Waals surface area (Å²) in [7, 11) is 0. The smallest absolute Gasteiger partial charge is 0.320 e. The van der Waals surface area contributed by atoms with E-state index in [1.54, 1.807) is 6.26 Å². The van der Waals surface area contributed by atoms with Crippen molar-refractivity contribution >= 4 is 5.97 Å². The molecule has 0 spiro atoms. The van der Waals surface area contributed by atoms with Gasteiger partial charge in [-0.05, 0) is 49.6 Å². The Morgan fingerprint density at radius 3 is 2.78 bits per heavy atom. The second kappa shape index (κ2) is 6.87. The number of nitrogens with zero attached hydrogens (tertiary/aromatic N) is 1. The molecule has 2 unspecified atom stereocenters. The highest BCUT2D eigenvalue weighted by Crippen LogP contribution is 2.35. The first kappa shape index (κ1) is 15.6. The van der Waals surface area contributed by atoms with Crippen molar-refractivity contribution in [3.05, 3.63) is 54.0 Å². The lowest BCUT2D eigenvalue weighted by Crippen LogP contribution is -2.39. The van der Waals surface area contributed by atoms with E-state index < -0.39 is 12.0 Å². The van der Waals surface area contributed by atoms with Gasteiger partial charge in [-0.25, -0.2) is 0 Å². The third-order valence-electron chi connectivity index (χ3n) is 4.23. The van der Waals surface area contributed by atoms with Crippen LogP contribution < -0.4 is 4.74 Å². The Balaban J connectivity index is 1.94. The van der Waals surface area contributed by atoms with Gasteiger partial charge in [0, 0.05) is 6.54 Å². The minimum Gasteiger partial charge on any atom is -0.494 e. The monoisotopic (exact) mass is 315 g/mol. The highest BCUT2D eigenvalue weighted by Gasteiger charge is 2.37. The van der Waals surface area contributed by atoms with E-state index in [1.807, 2.05) is 48.2 Å². The number of ether oxygens (including phenoxy) is 1.